The number of carboxylic acids is 1. The molecule has 0 saturated carbocycles. The molecule has 0 radical (unpaired) electrons. The van der Waals surface area contributed by atoms with E-state index in [1.54, 1.807) is 13.0 Å². The molecule has 0 aliphatic carbocycles. The third-order valence-electron chi connectivity index (χ3n) is 4.39. The lowest BCUT2D eigenvalue weighted by atomic mass is 10.1. The molecule has 0 spiro atoms. The van der Waals surface area contributed by atoms with Crippen molar-refractivity contribution in [2.24, 2.45) is 0 Å². The van der Waals surface area contributed by atoms with Crippen LogP contribution in [-0.2, 0) is 9.59 Å². The first-order valence-electron chi connectivity index (χ1n) is 8.63. The topological polar surface area (TPSA) is 110 Å². The molecule has 28 heavy (non-hydrogen) atoms. The lowest BCUT2D eigenvalue weighted by Crippen LogP contribution is -2.48. The van der Waals surface area contributed by atoms with E-state index >= 15 is 0 Å². The zero-order chi connectivity index (χ0) is 20.4. The highest BCUT2D eigenvalue weighted by molar-refractivity contribution is 6.12. The Kier molecular flexibility index (Phi) is 5.12. The molecule has 8 heteroatoms. The van der Waals surface area contributed by atoms with Crippen LogP contribution in [0.25, 0.3) is 6.08 Å². The summed E-state index contributed by atoms with van der Waals surface area (Å²) >= 11 is 0. The summed E-state index contributed by atoms with van der Waals surface area (Å²) in [6, 6.07) is 9.94. The van der Waals surface area contributed by atoms with Gasteiger partial charge in [0.25, 0.3) is 11.6 Å². The predicted octanol–water partition coefficient (Wildman–Crippen LogP) is 3.53. The largest absolute Gasteiger partial charge is 0.480 e. The number of hydrogen-bond acceptors (Lipinski definition) is 5. The molecule has 0 saturated heterocycles. The van der Waals surface area contributed by atoms with Crippen LogP contribution >= 0.6 is 0 Å². The molecule has 2 aromatic rings. The average molecular weight is 382 g/mol. The van der Waals surface area contributed by atoms with Gasteiger partial charge in [0.2, 0.25) is 0 Å². The number of ether oxygens (including phenoxy) is 1. The summed E-state index contributed by atoms with van der Waals surface area (Å²) in [4.78, 5) is 36.4. The number of carbonyl (C=O) groups excluding carboxylic acids is 1. The normalized spacial score (nSPS) is 15.7. The number of non-ortho nitro benzene ring substituents is 1. The third-order valence-corrected chi connectivity index (χ3v) is 4.39. The number of nitro groups is 1. The van der Waals surface area contributed by atoms with Gasteiger partial charge in [0.05, 0.1) is 16.7 Å². The van der Waals surface area contributed by atoms with Crippen LogP contribution in [0.5, 0.6) is 5.75 Å². The zero-order valence-corrected chi connectivity index (χ0v) is 15.3. The molecule has 1 aliphatic heterocycles. The summed E-state index contributed by atoms with van der Waals surface area (Å²) in [6.07, 6.45) is 1.66. The standard InChI is InChI=1S/C20H18N2O6/c1-3-15(20(24)25)21-16-8-7-14(22(26)27)11-17(16)28-18(19(21)23)10-13-6-4-5-12(2)9-13/h4-11,15H,3H2,1-2H3,(H,24,25)/b18-10+. The maximum absolute atomic E-state index is 13.0. The minimum absolute atomic E-state index is 0.0624. The summed E-state index contributed by atoms with van der Waals surface area (Å²) < 4.78 is 5.66. The van der Waals surface area contributed by atoms with E-state index in [0.717, 1.165) is 10.5 Å². The molecule has 1 amide bonds. The summed E-state index contributed by atoms with van der Waals surface area (Å²) in [5.74, 6) is -1.82. The van der Waals surface area contributed by atoms with Crippen molar-refractivity contribution < 1.29 is 24.4 Å². The van der Waals surface area contributed by atoms with E-state index in [1.165, 1.54) is 24.3 Å². The quantitative estimate of drug-likeness (QED) is 0.481. The van der Waals surface area contributed by atoms with Crippen molar-refractivity contribution in [1.82, 2.24) is 0 Å². The Hall–Kier alpha value is -3.68. The number of rotatable bonds is 5. The van der Waals surface area contributed by atoms with E-state index in [9.17, 15) is 24.8 Å². The van der Waals surface area contributed by atoms with Crippen molar-refractivity contribution in [3.05, 3.63) is 69.5 Å². The van der Waals surface area contributed by atoms with Gasteiger partial charge in [-0.2, -0.15) is 0 Å². The highest BCUT2D eigenvalue weighted by atomic mass is 16.6. The van der Waals surface area contributed by atoms with E-state index in [0.29, 0.717) is 5.56 Å². The van der Waals surface area contributed by atoms with Gasteiger partial charge in [-0.3, -0.25) is 19.8 Å². The fourth-order valence-corrected chi connectivity index (χ4v) is 3.07. The Bertz CT molecular complexity index is 998. The Labute approximate surface area is 160 Å². The van der Waals surface area contributed by atoms with E-state index in [-0.39, 0.29) is 29.3 Å². The SMILES string of the molecule is CCC(C(=O)O)N1C(=O)/C(=C\c2cccc(C)c2)Oc2cc([N+](=O)[O-])ccc21. The first-order valence-corrected chi connectivity index (χ1v) is 8.63. The molecule has 1 unspecified atom stereocenters. The Morgan fingerprint density at radius 1 is 1.32 bits per heavy atom. The Morgan fingerprint density at radius 3 is 2.68 bits per heavy atom. The number of carboxylic acid groups (broad SMARTS) is 1. The molecule has 0 aromatic heterocycles. The van der Waals surface area contributed by atoms with Crippen molar-refractivity contribution in [2.75, 3.05) is 4.90 Å². The first kappa shape index (κ1) is 19.1. The summed E-state index contributed by atoms with van der Waals surface area (Å²) in [5.41, 5.74) is 1.64. The van der Waals surface area contributed by atoms with Crippen LogP contribution in [0.2, 0.25) is 0 Å². The molecule has 0 bridgehead atoms. The minimum Gasteiger partial charge on any atom is -0.480 e. The number of nitro benzene ring substituents is 1. The summed E-state index contributed by atoms with van der Waals surface area (Å²) in [6.45, 7) is 3.55. The van der Waals surface area contributed by atoms with Crippen molar-refractivity contribution >= 4 is 29.3 Å². The van der Waals surface area contributed by atoms with Crippen LogP contribution in [-0.4, -0.2) is 27.9 Å². The molecule has 144 valence electrons. The van der Waals surface area contributed by atoms with Crippen LogP contribution in [0.15, 0.2) is 48.2 Å². The number of nitrogens with zero attached hydrogens (tertiary/aromatic N) is 2. The molecule has 1 heterocycles. The number of carbonyl (C=O) groups is 2. The summed E-state index contributed by atoms with van der Waals surface area (Å²) in [7, 11) is 0. The highest BCUT2D eigenvalue weighted by Gasteiger charge is 2.38. The van der Waals surface area contributed by atoms with Crippen molar-refractivity contribution in [3.63, 3.8) is 0 Å². The van der Waals surface area contributed by atoms with Gasteiger partial charge in [-0.05, 0) is 31.1 Å². The number of fused-ring (bicyclic) bond motifs is 1. The number of aliphatic carboxylic acids is 1. The lowest BCUT2D eigenvalue weighted by Gasteiger charge is -2.34. The van der Waals surface area contributed by atoms with Gasteiger partial charge in [0.1, 0.15) is 6.04 Å². The molecule has 8 nitrogen and oxygen atoms in total. The first-order chi connectivity index (χ1) is 13.3. The smallest absolute Gasteiger partial charge is 0.326 e. The predicted molar refractivity (Wildman–Crippen MR) is 102 cm³/mol. The van der Waals surface area contributed by atoms with Crippen molar-refractivity contribution in [1.29, 1.82) is 0 Å². The second-order valence-electron chi connectivity index (χ2n) is 6.37. The molecular formula is C20H18N2O6. The van der Waals surface area contributed by atoms with Crippen molar-refractivity contribution in [3.8, 4) is 5.75 Å². The van der Waals surface area contributed by atoms with E-state index in [2.05, 4.69) is 0 Å². The fraction of sp³-hybridized carbons (Fsp3) is 0.200. The molecular weight excluding hydrogens is 364 g/mol. The molecule has 1 aliphatic rings. The Morgan fingerprint density at radius 2 is 2.07 bits per heavy atom. The molecule has 1 atom stereocenters. The van der Waals surface area contributed by atoms with E-state index in [4.69, 9.17) is 4.74 Å². The molecule has 1 N–H and O–H groups in total. The molecule has 3 rings (SSSR count). The highest BCUT2D eigenvalue weighted by Crippen LogP contribution is 2.40. The second kappa shape index (κ2) is 7.51. The molecule has 0 fully saturated rings. The van der Waals surface area contributed by atoms with Crippen LogP contribution in [0.1, 0.15) is 24.5 Å². The number of aryl methyl sites for hydroxylation is 1. The van der Waals surface area contributed by atoms with Crippen LogP contribution in [0, 0.1) is 17.0 Å². The zero-order valence-electron chi connectivity index (χ0n) is 15.3. The van der Waals surface area contributed by atoms with Gasteiger partial charge in [0, 0.05) is 6.07 Å². The van der Waals surface area contributed by atoms with Gasteiger partial charge >= 0.3 is 5.97 Å². The second-order valence-corrected chi connectivity index (χ2v) is 6.37. The lowest BCUT2D eigenvalue weighted by molar-refractivity contribution is -0.384. The maximum Gasteiger partial charge on any atom is 0.326 e. The van der Waals surface area contributed by atoms with Crippen LogP contribution in [0.4, 0.5) is 11.4 Å². The van der Waals surface area contributed by atoms with Crippen molar-refractivity contribution in [2.45, 2.75) is 26.3 Å². The number of amides is 1. The van der Waals surface area contributed by atoms with E-state index < -0.39 is 22.8 Å². The van der Waals surface area contributed by atoms with Gasteiger partial charge in [-0.15, -0.1) is 0 Å². The number of hydrogen-bond donors (Lipinski definition) is 1. The monoisotopic (exact) mass is 382 g/mol. The number of benzene rings is 2. The average Bonchev–Trinajstić information content (AvgIpc) is 2.64. The van der Waals surface area contributed by atoms with Gasteiger partial charge in [-0.25, -0.2) is 4.79 Å². The number of anilines is 1. The summed E-state index contributed by atoms with van der Waals surface area (Å²) in [5, 5.41) is 20.7. The van der Waals surface area contributed by atoms with Gasteiger partial charge < -0.3 is 9.84 Å². The molecule has 2 aromatic carbocycles. The third kappa shape index (κ3) is 3.57. The Balaban J connectivity index is 2.15. The maximum atomic E-state index is 13.0. The van der Waals surface area contributed by atoms with Crippen LogP contribution < -0.4 is 9.64 Å². The minimum atomic E-state index is -1.17. The fourth-order valence-electron chi connectivity index (χ4n) is 3.07. The van der Waals surface area contributed by atoms with Gasteiger partial charge in [-0.1, -0.05) is 36.8 Å². The van der Waals surface area contributed by atoms with Gasteiger partial charge in [0.15, 0.2) is 11.5 Å². The van der Waals surface area contributed by atoms with Crippen LogP contribution in [0.3, 0.4) is 0 Å². The van der Waals surface area contributed by atoms with E-state index in [1.807, 2.05) is 25.1 Å².